The number of hydrogen-bond acceptors (Lipinski definition) is 9. The first kappa shape index (κ1) is 41.2. The van der Waals surface area contributed by atoms with E-state index in [0.717, 1.165) is 4.90 Å². The number of carbonyl (C=O) groups is 3. The number of likely N-dealkylation sites (N-methyl/N-ethyl adjacent to an activating group) is 1. The summed E-state index contributed by atoms with van der Waals surface area (Å²) in [6, 6.07) is 4.37. The third kappa shape index (κ3) is 12.7. The maximum Gasteiger partial charge on any atom is 0.340 e. The first-order valence-corrected chi connectivity index (χ1v) is 20.1. The van der Waals surface area contributed by atoms with Crippen LogP contribution in [0.15, 0.2) is 22.7 Å². The van der Waals surface area contributed by atoms with Gasteiger partial charge in [-0.3, -0.25) is 18.9 Å². The van der Waals surface area contributed by atoms with Crippen molar-refractivity contribution in [3.05, 3.63) is 28.2 Å². The van der Waals surface area contributed by atoms with Crippen LogP contribution in [0.5, 0.6) is 5.75 Å². The van der Waals surface area contributed by atoms with Crippen molar-refractivity contribution in [2.24, 2.45) is 0 Å². The number of aliphatic hydroxyl groups excluding tert-OH is 1. The van der Waals surface area contributed by atoms with Gasteiger partial charge in [0, 0.05) is 11.5 Å². The SMILES string of the molecule is CCOP(=O)(CC(=O)N(C)CC(=O)NCCOc1cc(Br)ccc1C(=O)NC(CO)CO[Si](C(C)C)(C(C)C)C(C)C)OCC. The molecule has 0 aliphatic heterocycles. The van der Waals surface area contributed by atoms with E-state index in [1.807, 2.05) is 0 Å². The van der Waals surface area contributed by atoms with Crippen LogP contribution >= 0.6 is 23.5 Å². The molecule has 15 heteroatoms. The molecule has 0 saturated heterocycles. The summed E-state index contributed by atoms with van der Waals surface area (Å²) in [6.07, 6.45) is -0.464. The van der Waals surface area contributed by atoms with E-state index in [-0.39, 0.29) is 51.7 Å². The molecule has 1 unspecified atom stereocenters. The van der Waals surface area contributed by atoms with Gasteiger partial charge < -0.3 is 38.9 Å². The minimum atomic E-state index is -3.58. The van der Waals surface area contributed by atoms with E-state index in [1.165, 1.54) is 7.05 Å². The summed E-state index contributed by atoms with van der Waals surface area (Å²) in [7, 11) is -4.35. The Labute approximate surface area is 278 Å². The third-order valence-corrected chi connectivity index (χ3v) is 16.0. The lowest BCUT2D eigenvalue weighted by Gasteiger charge is -2.43. The van der Waals surface area contributed by atoms with Crippen LogP contribution in [-0.2, 0) is 27.6 Å². The monoisotopic (exact) mass is 737 g/mol. The lowest BCUT2D eigenvalue weighted by atomic mass is 10.1. The van der Waals surface area contributed by atoms with Crippen molar-refractivity contribution in [2.75, 3.05) is 59.3 Å². The third-order valence-electron chi connectivity index (χ3n) is 7.45. The Balaban J connectivity index is 2.77. The minimum absolute atomic E-state index is 0.0435. The number of benzene rings is 1. The number of halogens is 1. The van der Waals surface area contributed by atoms with E-state index in [1.54, 1.807) is 32.0 Å². The normalized spacial score (nSPS) is 12.8. The minimum Gasteiger partial charge on any atom is -0.491 e. The van der Waals surface area contributed by atoms with E-state index >= 15 is 0 Å². The fourth-order valence-corrected chi connectivity index (χ4v) is 12.9. The molecule has 0 aliphatic rings. The summed E-state index contributed by atoms with van der Waals surface area (Å²) in [5.41, 5.74) is 1.35. The van der Waals surface area contributed by atoms with E-state index in [2.05, 4.69) is 68.1 Å². The van der Waals surface area contributed by atoms with Crippen LogP contribution in [0.3, 0.4) is 0 Å². The van der Waals surface area contributed by atoms with Gasteiger partial charge in [-0.1, -0.05) is 57.5 Å². The van der Waals surface area contributed by atoms with Crippen molar-refractivity contribution < 1.29 is 42.3 Å². The molecular weight excluding hydrogens is 685 g/mol. The van der Waals surface area contributed by atoms with E-state index < -0.39 is 45.8 Å². The molecule has 0 aromatic heterocycles. The Morgan fingerprint density at radius 2 is 1.60 bits per heavy atom. The molecule has 0 aliphatic carbocycles. The van der Waals surface area contributed by atoms with Gasteiger partial charge in [0.25, 0.3) is 5.91 Å². The van der Waals surface area contributed by atoms with Crippen molar-refractivity contribution in [1.82, 2.24) is 15.5 Å². The van der Waals surface area contributed by atoms with Gasteiger partial charge in [0.1, 0.15) is 18.5 Å². The molecule has 1 aromatic carbocycles. The Hall–Kier alpha value is -1.80. The van der Waals surface area contributed by atoms with Crippen molar-refractivity contribution >= 4 is 49.6 Å². The molecule has 0 heterocycles. The fourth-order valence-electron chi connectivity index (χ4n) is 5.47. The van der Waals surface area contributed by atoms with Crippen LogP contribution in [-0.4, -0.2) is 101 Å². The number of nitrogens with zero attached hydrogens (tertiary/aromatic N) is 1. The van der Waals surface area contributed by atoms with E-state index in [9.17, 15) is 24.1 Å². The maximum absolute atomic E-state index is 13.3. The Bertz CT molecular complexity index is 1120. The van der Waals surface area contributed by atoms with Gasteiger partial charge in [0.05, 0.1) is 51.1 Å². The second kappa shape index (κ2) is 19.8. The quantitative estimate of drug-likeness (QED) is 0.0904. The van der Waals surface area contributed by atoms with Crippen molar-refractivity contribution in [3.63, 3.8) is 0 Å². The average molecular weight is 739 g/mol. The highest BCUT2D eigenvalue weighted by Gasteiger charge is 2.45. The number of nitrogens with one attached hydrogen (secondary N) is 2. The van der Waals surface area contributed by atoms with Crippen molar-refractivity contribution in [1.29, 1.82) is 0 Å². The molecule has 12 nitrogen and oxygen atoms in total. The average Bonchev–Trinajstić information content (AvgIpc) is 2.94. The predicted molar refractivity (Wildman–Crippen MR) is 181 cm³/mol. The van der Waals surface area contributed by atoms with Gasteiger partial charge in [-0.05, 0) is 48.7 Å². The zero-order chi connectivity index (χ0) is 34.4. The molecule has 0 bridgehead atoms. The number of amides is 3. The van der Waals surface area contributed by atoms with Crippen molar-refractivity contribution in [3.8, 4) is 5.75 Å². The van der Waals surface area contributed by atoms with Gasteiger partial charge in [-0.25, -0.2) is 0 Å². The first-order valence-electron chi connectivity index (χ1n) is 15.4. The molecule has 1 aromatic rings. The Morgan fingerprint density at radius 1 is 1.02 bits per heavy atom. The largest absolute Gasteiger partial charge is 0.491 e. The molecule has 0 saturated carbocycles. The maximum atomic E-state index is 13.3. The molecule has 1 atom stereocenters. The van der Waals surface area contributed by atoms with Gasteiger partial charge in [-0.15, -0.1) is 0 Å². The molecule has 0 spiro atoms. The number of rotatable bonds is 21. The topological polar surface area (TPSA) is 153 Å². The molecule has 3 N–H and O–H groups in total. The lowest BCUT2D eigenvalue weighted by molar-refractivity contribution is -0.133. The summed E-state index contributed by atoms with van der Waals surface area (Å²) >= 11 is 3.40. The Morgan fingerprint density at radius 3 is 2.11 bits per heavy atom. The van der Waals surface area contributed by atoms with Crippen LogP contribution in [0.1, 0.15) is 65.7 Å². The lowest BCUT2D eigenvalue weighted by Crippen LogP contribution is -2.51. The molecular formula is C30H53BrN3O9PSi. The van der Waals surface area contributed by atoms with Crippen LogP contribution in [0.4, 0.5) is 0 Å². The molecule has 0 radical (unpaired) electrons. The number of carbonyl (C=O) groups excluding carboxylic acids is 3. The summed E-state index contributed by atoms with van der Waals surface area (Å²) < 4.78 is 36.0. The second-order valence-electron chi connectivity index (χ2n) is 11.7. The highest BCUT2D eigenvalue weighted by molar-refractivity contribution is 9.10. The summed E-state index contributed by atoms with van der Waals surface area (Å²) in [4.78, 5) is 39.3. The highest BCUT2D eigenvalue weighted by Crippen LogP contribution is 2.48. The zero-order valence-electron chi connectivity index (χ0n) is 28.2. The van der Waals surface area contributed by atoms with Gasteiger partial charge >= 0.3 is 7.60 Å². The second-order valence-corrected chi connectivity index (χ2v) is 20.1. The van der Waals surface area contributed by atoms with E-state index in [4.69, 9.17) is 18.2 Å². The zero-order valence-corrected chi connectivity index (χ0v) is 31.7. The highest BCUT2D eigenvalue weighted by atomic mass is 79.9. The Kier molecular flexibility index (Phi) is 18.1. The number of aliphatic hydroxyl groups is 1. The van der Waals surface area contributed by atoms with Gasteiger partial charge in [0.2, 0.25) is 11.8 Å². The van der Waals surface area contributed by atoms with Crippen molar-refractivity contribution in [2.45, 2.75) is 78.1 Å². The predicted octanol–water partition coefficient (Wildman–Crippen LogP) is 4.95. The van der Waals surface area contributed by atoms with Gasteiger partial charge in [-0.2, -0.15) is 0 Å². The number of hydrogen-bond donors (Lipinski definition) is 3. The summed E-state index contributed by atoms with van der Waals surface area (Å²) in [5, 5.41) is 15.6. The molecule has 0 fully saturated rings. The standard InChI is InChI=1S/C30H53BrN3O9PSi/c1-10-41-44(39,42-11-2)20-29(37)34(9)17-28(36)32-14-15-40-27-16-24(31)12-13-26(27)30(38)33-25(18-35)19-43-45(21(3)4,22(5)6)23(7)8/h12-13,16,21-23,25,35H,10-11,14-15,17-20H2,1-9H3,(H,32,36)(H,33,38). The van der Waals surface area contributed by atoms with Crippen LogP contribution in [0.2, 0.25) is 16.6 Å². The molecule has 1 rings (SSSR count). The fraction of sp³-hybridized carbons (Fsp3) is 0.700. The van der Waals surface area contributed by atoms with Crippen LogP contribution in [0.25, 0.3) is 0 Å². The first-order chi connectivity index (χ1) is 21.1. The molecule has 3 amide bonds. The molecule has 258 valence electrons. The van der Waals surface area contributed by atoms with Crippen LogP contribution in [0, 0.1) is 0 Å². The van der Waals surface area contributed by atoms with Gasteiger partial charge in [0.15, 0.2) is 8.32 Å². The summed E-state index contributed by atoms with van der Waals surface area (Å²) in [5.74, 6) is -1.13. The van der Waals surface area contributed by atoms with Crippen LogP contribution < -0.4 is 15.4 Å². The smallest absolute Gasteiger partial charge is 0.340 e. The summed E-state index contributed by atoms with van der Waals surface area (Å²) in [6.45, 7) is 16.4. The molecule has 45 heavy (non-hydrogen) atoms. The number of ether oxygens (including phenoxy) is 1. The van der Waals surface area contributed by atoms with E-state index in [0.29, 0.717) is 26.8 Å².